The zero-order valence-electron chi connectivity index (χ0n) is 15.5. The average Bonchev–Trinajstić information content (AvgIpc) is 3.35. The van der Waals surface area contributed by atoms with Gasteiger partial charge in [-0.3, -0.25) is 9.48 Å². The van der Waals surface area contributed by atoms with Crippen molar-refractivity contribution in [1.29, 1.82) is 0 Å². The number of fused-ring (bicyclic) bond motifs is 1. The molecular formula is C19H21FN4O2S. The minimum Gasteiger partial charge on any atom is -0.318 e. The second-order valence-corrected chi connectivity index (χ2v) is 8.33. The first-order valence-corrected chi connectivity index (χ1v) is 10.4. The molecule has 1 N–H and O–H groups in total. The van der Waals surface area contributed by atoms with Crippen LogP contribution in [0, 0.1) is 18.8 Å². The van der Waals surface area contributed by atoms with E-state index in [1.807, 2.05) is 12.1 Å². The Labute approximate surface area is 158 Å². The van der Waals surface area contributed by atoms with Crippen molar-refractivity contribution in [2.75, 3.05) is 11.0 Å². The van der Waals surface area contributed by atoms with E-state index in [0.29, 0.717) is 34.6 Å². The number of halogens is 1. The Hall–Kier alpha value is -2.48. The van der Waals surface area contributed by atoms with Gasteiger partial charge in [0.2, 0.25) is 5.95 Å². The molecule has 0 bridgehead atoms. The molecule has 0 radical (unpaired) electrons. The number of rotatable bonds is 5. The fraction of sp³-hybridized carbons (Fsp3) is 0.368. The predicted octanol–water partition coefficient (Wildman–Crippen LogP) is 2.96. The van der Waals surface area contributed by atoms with Gasteiger partial charge in [-0.2, -0.15) is 4.39 Å². The summed E-state index contributed by atoms with van der Waals surface area (Å²) in [4.78, 5) is 12.0. The molecule has 2 heterocycles. The molecular weight excluding hydrogens is 367 g/mol. The van der Waals surface area contributed by atoms with Crippen molar-refractivity contribution in [3.8, 4) is 11.1 Å². The van der Waals surface area contributed by atoms with E-state index in [0.717, 1.165) is 24.0 Å². The summed E-state index contributed by atoms with van der Waals surface area (Å²) in [6.07, 6.45) is 5.52. The average molecular weight is 388 g/mol. The van der Waals surface area contributed by atoms with Gasteiger partial charge in [0.1, 0.15) is 11.0 Å². The first kappa shape index (κ1) is 17.9. The third-order valence-electron chi connectivity index (χ3n) is 4.89. The molecule has 1 aliphatic carbocycles. The summed E-state index contributed by atoms with van der Waals surface area (Å²) in [5.74, 6) is -0.0329. The number of hydrogen-bond acceptors (Lipinski definition) is 3. The summed E-state index contributed by atoms with van der Waals surface area (Å²) in [7, 11) is 0.347. The molecule has 1 atom stereocenters. The third kappa shape index (κ3) is 3.41. The Morgan fingerprint density at radius 2 is 2.04 bits per heavy atom. The Bertz CT molecular complexity index is 1100. The van der Waals surface area contributed by atoms with Gasteiger partial charge in [-0.1, -0.05) is 0 Å². The summed E-state index contributed by atoms with van der Waals surface area (Å²) < 4.78 is 32.4. The highest BCUT2D eigenvalue weighted by molar-refractivity contribution is 7.85. The van der Waals surface area contributed by atoms with Crippen molar-refractivity contribution in [1.82, 2.24) is 14.3 Å². The first-order chi connectivity index (χ1) is 12.8. The van der Waals surface area contributed by atoms with Crippen LogP contribution < -0.4 is 10.3 Å². The fourth-order valence-electron chi connectivity index (χ4n) is 3.38. The van der Waals surface area contributed by atoms with Crippen molar-refractivity contribution in [2.45, 2.75) is 26.3 Å². The van der Waals surface area contributed by atoms with Crippen molar-refractivity contribution in [3.63, 3.8) is 0 Å². The Balaban J connectivity index is 1.95. The number of benzene rings is 1. The van der Waals surface area contributed by atoms with Gasteiger partial charge in [0.25, 0.3) is 5.56 Å². The van der Waals surface area contributed by atoms with Gasteiger partial charge >= 0.3 is 0 Å². The zero-order chi connectivity index (χ0) is 19.3. The van der Waals surface area contributed by atoms with Gasteiger partial charge in [-0.15, -0.1) is 5.10 Å². The molecule has 27 heavy (non-hydrogen) atoms. The second-order valence-electron chi connectivity index (χ2n) is 7.22. The molecule has 8 heteroatoms. The van der Waals surface area contributed by atoms with E-state index in [1.54, 1.807) is 30.9 Å². The van der Waals surface area contributed by atoms with Crippen molar-refractivity contribution in [2.24, 2.45) is 13.0 Å². The van der Waals surface area contributed by atoms with Crippen LogP contribution in [0.2, 0.25) is 0 Å². The van der Waals surface area contributed by atoms with E-state index in [2.05, 4.69) is 9.82 Å². The zero-order valence-corrected chi connectivity index (χ0v) is 16.3. The molecule has 4 rings (SSSR count). The third-order valence-corrected chi connectivity index (χ3v) is 5.40. The largest absolute Gasteiger partial charge is 0.318 e. The van der Waals surface area contributed by atoms with Crippen molar-refractivity contribution in [3.05, 3.63) is 46.3 Å². The normalized spacial score (nSPS) is 15.3. The van der Waals surface area contributed by atoms with E-state index < -0.39 is 16.9 Å². The lowest BCUT2D eigenvalue weighted by Gasteiger charge is -2.11. The van der Waals surface area contributed by atoms with Crippen molar-refractivity contribution >= 4 is 27.6 Å². The summed E-state index contributed by atoms with van der Waals surface area (Å²) in [6.45, 7) is 2.44. The van der Waals surface area contributed by atoms with Crippen LogP contribution in [0.25, 0.3) is 22.0 Å². The summed E-state index contributed by atoms with van der Waals surface area (Å²) >= 11 is 0. The highest BCUT2D eigenvalue weighted by Gasteiger charge is 2.25. The summed E-state index contributed by atoms with van der Waals surface area (Å²) in [5, 5.41) is 4.42. The van der Waals surface area contributed by atoms with Crippen LogP contribution in [0.5, 0.6) is 0 Å². The quantitative estimate of drug-likeness (QED) is 0.731. The standard InChI is InChI=1S/C19H21FN4O2S/c1-11-6-14(10-23(2)19(11)25)13-7-15(22-27(3)26)17-16(8-13)24(21-18(17)20)9-12-4-5-12/h6-8,10,12,22H,4-5,9H2,1-3H3. The smallest absolute Gasteiger partial charge is 0.253 e. The van der Waals surface area contributed by atoms with E-state index in [1.165, 1.54) is 10.8 Å². The topological polar surface area (TPSA) is 68.9 Å². The summed E-state index contributed by atoms with van der Waals surface area (Å²) in [6, 6.07) is 5.46. The number of nitrogens with one attached hydrogen (secondary N) is 1. The molecule has 1 aromatic carbocycles. The van der Waals surface area contributed by atoms with Gasteiger partial charge in [-0.25, -0.2) is 4.21 Å². The van der Waals surface area contributed by atoms with Gasteiger partial charge in [0.15, 0.2) is 0 Å². The molecule has 0 spiro atoms. The van der Waals surface area contributed by atoms with Gasteiger partial charge in [-0.05, 0) is 55.0 Å². The van der Waals surface area contributed by atoms with Crippen molar-refractivity contribution < 1.29 is 8.60 Å². The lowest BCUT2D eigenvalue weighted by Crippen LogP contribution is -2.18. The molecule has 1 fully saturated rings. The molecule has 6 nitrogen and oxygen atoms in total. The molecule has 1 saturated carbocycles. The maximum absolute atomic E-state index is 14.6. The second kappa shape index (κ2) is 6.60. The van der Waals surface area contributed by atoms with E-state index in [9.17, 15) is 13.4 Å². The molecule has 142 valence electrons. The molecule has 0 aliphatic heterocycles. The minimum atomic E-state index is -1.36. The van der Waals surface area contributed by atoms with Crippen LogP contribution in [0.1, 0.15) is 18.4 Å². The number of pyridine rings is 1. The number of hydrogen-bond donors (Lipinski definition) is 1. The highest BCUT2D eigenvalue weighted by atomic mass is 32.2. The van der Waals surface area contributed by atoms with E-state index >= 15 is 0 Å². The Kier molecular flexibility index (Phi) is 4.38. The molecule has 0 amide bonds. The van der Waals surface area contributed by atoms with Crippen LogP contribution in [-0.4, -0.2) is 24.8 Å². The predicted molar refractivity (Wildman–Crippen MR) is 106 cm³/mol. The Morgan fingerprint density at radius 3 is 2.67 bits per heavy atom. The van der Waals surface area contributed by atoms with E-state index in [-0.39, 0.29) is 5.56 Å². The van der Waals surface area contributed by atoms with Crippen LogP contribution in [0.15, 0.2) is 29.2 Å². The number of aryl methyl sites for hydroxylation is 2. The maximum Gasteiger partial charge on any atom is 0.253 e. The molecule has 1 unspecified atom stereocenters. The van der Waals surface area contributed by atoms with Crippen LogP contribution >= 0.6 is 0 Å². The maximum atomic E-state index is 14.6. The number of anilines is 1. The first-order valence-electron chi connectivity index (χ1n) is 8.81. The van der Waals surface area contributed by atoms with Gasteiger partial charge in [0, 0.05) is 31.6 Å². The monoisotopic (exact) mass is 388 g/mol. The summed E-state index contributed by atoms with van der Waals surface area (Å²) in [5.41, 5.74) is 3.32. The minimum absolute atomic E-state index is 0.0577. The SMILES string of the molecule is Cc1cc(-c2cc(NS(C)=O)c3c(F)nn(CC4CC4)c3c2)cn(C)c1=O. The molecule has 0 saturated heterocycles. The lowest BCUT2D eigenvalue weighted by molar-refractivity contribution is 0.512. The molecule has 2 aromatic heterocycles. The number of nitrogens with zero attached hydrogens (tertiary/aromatic N) is 3. The molecule has 3 aromatic rings. The fourth-order valence-corrected chi connectivity index (χ4v) is 3.85. The van der Waals surface area contributed by atoms with Gasteiger partial charge < -0.3 is 9.29 Å². The van der Waals surface area contributed by atoms with Crippen LogP contribution in [0.3, 0.4) is 0 Å². The lowest BCUT2D eigenvalue weighted by atomic mass is 10.0. The molecule has 1 aliphatic rings. The van der Waals surface area contributed by atoms with E-state index in [4.69, 9.17) is 0 Å². The van der Waals surface area contributed by atoms with Gasteiger partial charge in [0.05, 0.1) is 16.6 Å². The highest BCUT2D eigenvalue weighted by Crippen LogP contribution is 2.36. The number of aromatic nitrogens is 3. The Morgan fingerprint density at radius 1 is 1.30 bits per heavy atom. The van der Waals surface area contributed by atoms with Crippen LogP contribution in [0.4, 0.5) is 10.1 Å². The van der Waals surface area contributed by atoms with Crippen LogP contribution in [-0.2, 0) is 24.6 Å².